The van der Waals surface area contributed by atoms with Gasteiger partial charge in [0.2, 0.25) is 0 Å². The predicted molar refractivity (Wildman–Crippen MR) is 73.5 cm³/mol. The highest BCUT2D eigenvalue weighted by Crippen LogP contribution is 2.22. The zero-order valence-electron chi connectivity index (χ0n) is 11.8. The van der Waals surface area contributed by atoms with Gasteiger partial charge in [0.15, 0.2) is 0 Å². The van der Waals surface area contributed by atoms with Crippen LogP contribution in [0.2, 0.25) is 0 Å². The summed E-state index contributed by atoms with van der Waals surface area (Å²) in [4.78, 5) is 14.4. The van der Waals surface area contributed by atoms with Gasteiger partial charge in [-0.15, -0.1) is 0 Å². The van der Waals surface area contributed by atoms with Crippen LogP contribution in [0.4, 0.5) is 0 Å². The van der Waals surface area contributed by atoms with E-state index in [2.05, 4.69) is 0 Å². The van der Waals surface area contributed by atoms with Crippen molar-refractivity contribution in [1.82, 2.24) is 4.90 Å². The smallest absolute Gasteiger partial charge is 0.257 e. The Labute approximate surface area is 114 Å². The van der Waals surface area contributed by atoms with E-state index < -0.39 is 0 Å². The summed E-state index contributed by atoms with van der Waals surface area (Å²) in [6.45, 7) is 7.71. The molecule has 4 nitrogen and oxygen atoms in total. The van der Waals surface area contributed by atoms with Gasteiger partial charge in [-0.25, -0.2) is 0 Å². The Hall–Kier alpha value is -1.55. The van der Waals surface area contributed by atoms with Crippen molar-refractivity contribution in [3.05, 3.63) is 29.8 Å². The van der Waals surface area contributed by atoms with Gasteiger partial charge in [0.1, 0.15) is 5.75 Å². The van der Waals surface area contributed by atoms with Crippen molar-refractivity contribution in [1.29, 1.82) is 0 Å². The number of para-hydroxylation sites is 1. The van der Waals surface area contributed by atoms with Crippen molar-refractivity contribution in [2.45, 2.75) is 33.0 Å². The Balaban J connectivity index is 2.19. The monoisotopic (exact) mass is 263 g/mol. The van der Waals surface area contributed by atoms with Crippen molar-refractivity contribution in [3.8, 4) is 5.75 Å². The first-order chi connectivity index (χ1) is 9.11. The van der Waals surface area contributed by atoms with Gasteiger partial charge < -0.3 is 14.4 Å². The first-order valence-electron chi connectivity index (χ1n) is 6.78. The molecule has 19 heavy (non-hydrogen) atoms. The molecule has 0 aromatic heterocycles. The van der Waals surface area contributed by atoms with Crippen molar-refractivity contribution in [2.75, 3.05) is 19.7 Å². The van der Waals surface area contributed by atoms with Crippen LogP contribution in [0.5, 0.6) is 5.75 Å². The number of ether oxygens (including phenoxy) is 2. The van der Waals surface area contributed by atoms with Crippen LogP contribution in [0, 0.1) is 0 Å². The molecular weight excluding hydrogens is 242 g/mol. The molecule has 0 saturated carbocycles. The summed E-state index contributed by atoms with van der Waals surface area (Å²) in [7, 11) is 0. The van der Waals surface area contributed by atoms with E-state index in [-0.39, 0.29) is 18.1 Å². The Bertz CT molecular complexity index is 437. The molecule has 1 aromatic rings. The van der Waals surface area contributed by atoms with Gasteiger partial charge in [0.25, 0.3) is 5.91 Å². The molecule has 2 atom stereocenters. The molecule has 1 fully saturated rings. The molecule has 2 rings (SSSR count). The zero-order valence-corrected chi connectivity index (χ0v) is 11.8. The fraction of sp³-hybridized carbons (Fsp3) is 0.533. The Morgan fingerprint density at radius 2 is 1.95 bits per heavy atom. The van der Waals surface area contributed by atoms with E-state index in [9.17, 15) is 4.79 Å². The SMILES string of the molecule is CCOc1ccccc1C(=O)N1C[C@@H](C)O[C@@H](C)C1. The lowest BCUT2D eigenvalue weighted by Gasteiger charge is -2.35. The van der Waals surface area contributed by atoms with Crippen LogP contribution in [0.3, 0.4) is 0 Å². The minimum absolute atomic E-state index is 0.0195. The largest absolute Gasteiger partial charge is 0.493 e. The van der Waals surface area contributed by atoms with Gasteiger partial charge in [0.05, 0.1) is 24.4 Å². The maximum absolute atomic E-state index is 12.6. The molecule has 0 radical (unpaired) electrons. The van der Waals surface area contributed by atoms with Crippen molar-refractivity contribution < 1.29 is 14.3 Å². The third-order valence-electron chi connectivity index (χ3n) is 3.12. The molecule has 1 aliphatic heterocycles. The molecule has 1 saturated heterocycles. The second-order valence-electron chi connectivity index (χ2n) is 4.90. The van der Waals surface area contributed by atoms with E-state index in [1.165, 1.54) is 0 Å². The fourth-order valence-corrected chi connectivity index (χ4v) is 2.44. The van der Waals surface area contributed by atoms with Crippen LogP contribution < -0.4 is 4.74 Å². The molecular formula is C15H21NO3. The summed E-state index contributed by atoms with van der Waals surface area (Å²) < 4.78 is 11.2. The van der Waals surface area contributed by atoms with Crippen LogP contribution >= 0.6 is 0 Å². The Kier molecular flexibility index (Phi) is 4.43. The molecule has 0 aliphatic carbocycles. The van der Waals surface area contributed by atoms with E-state index in [1.54, 1.807) is 0 Å². The van der Waals surface area contributed by atoms with E-state index in [0.717, 1.165) is 0 Å². The highest BCUT2D eigenvalue weighted by atomic mass is 16.5. The number of carbonyl (C=O) groups excluding carboxylic acids is 1. The second kappa shape index (κ2) is 6.06. The molecule has 0 N–H and O–H groups in total. The average molecular weight is 263 g/mol. The average Bonchev–Trinajstić information content (AvgIpc) is 2.38. The minimum atomic E-state index is 0.0195. The molecule has 104 valence electrons. The van der Waals surface area contributed by atoms with Gasteiger partial charge in [-0.2, -0.15) is 0 Å². The third kappa shape index (κ3) is 3.26. The van der Waals surface area contributed by atoms with Crippen molar-refractivity contribution >= 4 is 5.91 Å². The van der Waals surface area contributed by atoms with E-state index in [1.807, 2.05) is 49.9 Å². The number of nitrogens with zero attached hydrogens (tertiary/aromatic N) is 1. The lowest BCUT2D eigenvalue weighted by atomic mass is 10.1. The summed E-state index contributed by atoms with van der Waals surface area (Å²) in [5.74, 6) is 0.674. The van der Waals surface area contributed by atoms with Gasteiger partial charge >= 0.3 is 0 Å². The predicted octanol–water partition coefficient (Wildman–Crippen LogP) is 2.33. The number of amides is 1. The number of morpholine rings is 1. The normalized spacial score (nSPS) is 23.2. The second-order valence-corrected chi connectivity index (χ2v) is 4.90. The van der Waals surface area contributed by atoms with E-state index in [0.29, 0.717) is 31.0 Å². The topological polar surface area (TPSA) is 38.8 Å². The number of hydrogen-bond acceptors (Lipinski definition) is 3. The maximum Gasteiger partial charge on any atom is 0.257 e. The van der Waals surface area contributed by atoms with Gasteiger partial charge in [-0.1, -0.05) is 12.1 Å². The third-order valence-corrected chi connectivity index (χ3v) is 3.12. The molecule has 4 heteroatoms. The highest BCUT2D eigenvalue weighted by molar-refractivity contribution is 5.97. The summed E-state index contributed by atoms with van der Waals surface area (Å²) >= 11 is 0. The fourth-order valence-electron chi connectivity index (χ4n) is 2.44. The van der Waals surface area contributed by atoms with Crippen molar-refractivity contribution in [3.63, 3.8) is 0 Å². The lowest BCUT2D eigenvalue weighted by Crippen LogP contribution is -2.48. The molecule has 1 heterocycles. The quantitative estimate of drug-likeness (QED) is 0.840. The van der Waals surface area contributed by atoms with Crippen LogP contribution in [0.15, 0.2) is 24.3 Å². The van der Waals surface area contributed by atoms with Crippen molar-refractivity contribution in [2.24, 2.45) is 0 Å². The summed E-state index contributed by atoms with van der Waals surface area (Å²) in [6, 6.07) is 7.40. The lowest BCUT2D eigenvalue weighted by molar-refractivity contribution is -0.0586. The number of carbonyl (C=O) groups is 1. The Morgan fingerprint density at radius 1 is 1.32 bits per heavy atom. The highest BCUT2D eigenvalue weighted by Gasteiger charge is 2.27. The summed E-state index contributed by atoms with van der Waals surface area (Å²) in [6.07, 6.45) is 0.152. The van der Waals surface area contributed by atoms with Gasteiger partial charge in [-0.05, 0) is 32.9 Å². The molecule has 1 amide bonds. The summed E-state index contributed by atoms with van der Waals surface area (Å²) in [5.41, 5.74) is 0.630. The molecule has 1 aromatic carbocycles. The van der Waals surface area contributed by atoms with E-state index >= 15 is 0 Å². The molecule has 0 unspecified atom stereocenters. The number of hydrogen-bond donors (Lipinski definition) is 0. The van der Waals surface area contributed by atoms with Crippen LogP contribution in [0.25, 0.3) is 0 Å². The minimum Gasteiger partial charge on any atom is -0.493 e. The molecule has 0 spiro atoms. The standard InChI is InChI=1S/C15H21NO3/c1-4-18-14-8-6-5-7-13(14)15(17)16-9-11(2)19-12(3)10-16/h5-8,11-12H,4,9-10H2,1-3H3/t11-,12+. The Morgan fingerprint density at radius 3 is 2.58 bits per heavy atom. The van der Waals surface area contributed by atoms with Gasteiger partial charge in [0, 0.05) is 13.1 Å². The first-order valence-corrected chi connectivity index (χ1v) is 6.78. The zero-order chi connectivity index (χ0) is 13.8. The van der Waals surface area contributed by atoms with Crippen LogP contribution in [-0.4, -0.2) is 42.7 Å². The summed E-state index contributed by atoms with van der Waals surface area (Å²) in [5, 5.41) is 0. The number of rotatable bonds is 3. The molecule has 1 aliphatic rings. The first kappa shape index (κ1) is 13.9. The van der Waals surface area contributed by atoms with Gasteiger partial charge in [-0.3, -0.25) is 4.79 Å². The van der Waals surface area contributed by atoms with Crippen LogP contribution in [-0.2, 0) is 4.74 Å². The van der Waals surface area contributed by atoms with Crippen LogP contribution in [0.1, 0.15) is 31.1 Å². The maximum atomic E-state index is 12.6. The van der Waals surface area contributed by atoms with E-state index in [4.69, 9.17) is 9.47 Å². The number of benzene rings is 1. The molecule has 0 bridgehead atoms.